The number of rotatable bonds is 6. The Bertz CT molecular complexity index is 1980. The lowest BCUT2D eigenvalue weighted by Gasteiger charge is -2.31. The van der Waals surface area contributed by atoms with Crippen LogP contribution in [0.25, 0.3) is 0 Å². The molecule has 0 aliphatic carbocycles. The summed E-state index contributed by atoms with van der Waals surface area (Å²) in [4.78, 5) is 0. The fourth-order valence-corrected chi connectivity index (χ4v) is 8.37. The first-order chi connectivity index (χ1) is 25.6. The Hall–Kier alpha value is -4.70. The third-order valence-corrected chi connectivity index (χ3v) is 11.2. The number of aryl methyl sites for hydroxylation is 4. The van der Waals surface area contributed by atoms with Crippen molar-refractivity contribution in [3.05, 3.63) is 151 Å². The predicted molar refractivity (Wildman–Crippen MR) is 235 cm³/mol. The zero-order valence-corrected chi connectivity index (χ0v) is 36.9. The number of hydrogen-bond acceptors (Lipinski definition) is 4. The summed E-state index contributed by atoms with van der Waals surface area (Å²) >= 11 is 0. The van der Waals surface area contributed by atoms with Crippen LogP contribution in [0.1, 0.15) is 173 Å². The average molecular weight is 755 g/mol. The van der Waals surface area contributed by atoms with Gasteiger partial charge < -0.3 is 20.4 Å². The van der Waals surface area contributed by atoms with Gasteiger partial charge in [0.15, 0.2) is 0 Å². The van der Waals surface area contributed by atoms with Gasteiger partial charge in [0.25, 0.3) is 0 Å². The molecular weight excluding hydrogens is 689 g/mol. The van der Waals surface area contributed by atoms with Gasteiger partial charge in [0.2, 0.25) is 0 Å². The highest BCUT2D eigenvalue weighted by molar-refractivity contribution is 5.63. The molecule has 0 aliphatic heterocycles. The van der Waals surface area contributed by atoms with E-state index in [1.807, 2.05) is 30.3 Å². The highest BCUT2D eigenvalue weighted by Crippen LogP contribution is 2.50. The van der Waals surface area contributed by atoms with Gasteiger partial charge in [-0.1, -0.05) is 178 Å². The first-order valence-corrected chi connectivity index (χ1v) is 20.1. The van der Waals surface area contributed by atoms with Crippen molar-refractivity contribution in [2.24, 2.45) is 0 Å². The molecule has 0 aromatic heterocycles. The minimum Gasteiger partial charge on any atom is -0.507 e. The fourth-order valence-electron chi connectivity index (χ4n) is 8.37. The van der Waals surface area contributed by atoms with E-state index in [1.165, 1.54) is 0 Å². The maximum absolute atomic E-state index is 12.3. The number of aromatic hydroxyl groups is 4. The zero-order chi connectivity index (χ0) is 42.0. The Morgan fingerprint density at radius 3 is 0.750 bits per heavy atom. The summed E-state index contributed by atoms with van der Waals surface area (Å²) in [5, 5.41) is 49.1. The molecule has 4 nitrogen and oxygen atoms in total. The minimum absolute atomic E-state index is 0.213. The van der Waals surface area contributed by atoms with Crippen molar-refractivity contribution in [3.63, 3.8) is 0 Å². The smallest absolute Gasteiger partial charge is 0.123 e. The van der Waals surface area contributed by atoms with Crippen molar-refractivity contribution in [3.8, 4) is 23.0 Å². The number of phenols is 4. The SMILES string of the molecule is Cc1cc(C(c2cccc(C(c3cc(C)cc(C(C)(C)C)c3O)c3cc(C)cc(C(C)(C)C)c3O)c2)c2cc(C)cc(C(C)(C)C)c2O)c(O)c(C(C)(C)C)c1. The second-order valence-electron chi connectivity index (χ2n) is 20.5. The first-order valence-electron chi connectivity index (χ1n) is 20.1. The fraction of sp³-hybridized carbons (Fsp3) is 0.423. The van der Waals surface area contributed by atoms with Crippen LogP contribution in [0.3, 0.4) is 0 Å². The number of phenolic OH excluding ortho intramolecular Hbond substituents is 4. The minimum atomic E-state index is -0.551. The van der Waals surface area contributed by atoms with Crippen molar-refractivity contribution in [1.29, 1.82) is 0 Å². The first kappa shape index (κ1) is 42.4. The molecule has 0 unspecified atom stereocenters. The zero-order valence-electron chi connectivity index (χ0n) is 36.9. The molecule has 0 spiro atoms. The lowest BCUT2D eigenvalue weighted by molar-refractivity contribution is 0.431. The van der Waals surface area contributed by atoms with E-state index in [0.717, 1.165) is 55.6 Å². The van der Waals surface area contributed by atoms with Crippen LogP contribution >= 0.6 is 0 Å². The molecule has 0 fully saturated rings. The number of benzene rings is 5. The van der Waals surface area contributed by atoms with Crippen molar-refractivity contribution in [2.75, 3.05) is 0 Å². The lowest BCUT2D eigenvalue weighted by atomic mass is 9.74. The highest BCUT2D eigenvalue weighted by atomic mass is 16.3. The van der Waals surface area contributed by atoms with Gasteiger partial charge in [-0.25, -0.2) is 0 Å². The summed E-state index contributed by atoms with van der Waals surface area (Å²) in [5.41, 5.74) is 10.7. The molecule has 0 bridgehead atoms. The lowest BCUT2D eigenvalue weighted by Crippen LogP contribution is -2.17. The Balaban J connectivity index is 1.95. The standard InChI is InChI=1S/C52H66O4/c1-29-20-35(45(53)39(24-29)49(5,6)7)43(36-21-30(2)25-40(46(36)54)50(8,9)10)33-18-17-19-34(28-33)44(37-22-31(3)26-41(47(37)55)51(11,12)13)38-23-32(4)27-42(48(38)56)52(14,15)16/h17-28,43-44,53-56H,1-16H3. The largest absolute Gasteiger partial charge is 0.507 e. The summed E-state index contributed by atoms with van der Waals surface area (Å²) in [6.07, 6.45) is 0. The predicted octanol–water partition coefficient (Wildman–Crippen LogP) is 13.3. The molecule has 0 amide bonds. The van der Waals surface area contributed by atoms with E-state index in [9.17, 15) is 20.4 Å². The van der Waals surface area contributed by atoms with E-state index >= 15 is 0 Å². The van der Waals surface area contributed by atoms with E-state index in [1.54, 1.807) is 0 Å². The summed E-state index contributed by atoms with van der Waals surface area (Å²) in [5.74, 6) is -0.248. The third kappa shape index (κ3) is 8.36. The van der Waals surface area contributed by atoms with E-state index in [0.29, 0.717) is 22.3 Å². The molecular formula is C52H66O4. The van der Waals surface area contributed by atoms with Gasteiger partial charge >= 0.3 is 0 Å². The maximum atomic E-state index is 12.3. The van der Waals surface area contributed by atoms with Crippen LogP contribution in [0.15, 0.2) is 72.8 Å². The Morgan fingerprint density at radius 1 is 0.339 bits per heavy atom. The van der Waals surface area contributed by atoms with E-state index in [4.69, 9.17) is 0 Å². The van der Waals surface area contributed by atoms with Gasteiger partial charge in [-0.15, -0.1) is 0 Å². The van der Waals surface area contributed by atoms with Gasteiger partial charge in [-0.05, 0) is 82.7 Å². The van der Waals surface area contributed by atoms with Crippen LogP contribution in [0, 0.1) is 27.7 Å². The summed E-state index contributed by atoms with van der Waals surface area (Å²) in [7, 11) is 0. The second kappa shape index (κ2) is 14.7. The van der Waals surface area contributed by atoms with E-state index in [2.05, 4.69) is 153 Å². The quantitative estimate of drug-likeness (QED) is 0.130. The Morgan fingerprint density at radius 2 is 0.554 bits per heavy atom. The topological polar surface area (TPSA) is 80.9 Å². The van der Waals surface area contributed by atoms with Crippen LogP contribution < -0.4 is 0 Å². The molecule has 4 heteroatoms. The highest BCUT2D eigenvalue weighted by Gasteiger charge is 2.34. The van der Waals surface area contributed by atoms with Crippen LogP contribution in [-0.4, -0.2) is 20.4 Å². The van der Waals surface area contributed by atoms with Gasteiger partial charge in [0.05, 0.1) is 0 Å². The third-order valence-electron chi connectivity index (χ3n) is 11.2. The molecule has 5 aromatic rings. The van der Waals surface area contributed by atoms with Crippen molar-refractivity contribution in [1.82, 2.24) is 0 Å². The molecule has 0 radical (unpaired) electrons. The van der Waals surface area contributed by atoms with Crippen LogP contribution in [0.5, 0.6) is 23.0 Å². The van der Waals surface area contributed by atoms with E-state index < -0.39 is 11.8 Å². The van der Waals surface area contributed by atoms with Crippen LogP contribution in [-0.2, 0) is 21.7 Å². The van der Waals surface area contributed by atoms with Crippen LogP contribution in [0.2, 0.25) is 0 Å². The summed E-state index contributed by atoms with van der Waals surface area (Å²) in [6, 6.07) is 24.7. The molecule has 298 valence electrons. The molecule has 0 heterocycles. The Labute approximate surface area is 337 Å². The second-order valence-corrected chi connectivity index (χ2v) is 20.5. The van der Waals surface area contributed by atoms with Crippen molar-refractivity contribution in [2.45, 2.75) is 144 Å². The molecule has 0 saturated carbocycles. The average Bonchev–Trinajstić information content (AvgIpc) is 3.05. The molecule has 4 N–H and O–H groups in total. The van der Waals surface area contributed by atoms with Crippen molar-refractivity contribution >= 4 is 0 Å². The van der Waals surface area contributed by atoms with Crippen LogP contribution in [0.4, 0.5) is 0 Å². The molecule has 56 heavy (non-hydrogen) atoms. The monoisotopic (exact) mass is 754 g/mol. The molecule has 0 saturated heterocycles. The van der Waals surface area contributed by atoms with Crippen molar-refractivity contribution < 1.29 is 20.4 Å². The Kier molecular flexibility index (Phi) is 11.1. The van der Waals surface area contributed by atoms with Gasteiger partial charge in [0.1, 0.15) is 23.0 Å². The molecule has 5 aromatic carbocycles. The normalized spacial score (nSPS) is 12.9. The van der Waals surface area contributed by atoms with Gasteiger partial charge in [-0.3, -0.25) is 0 Å². The van der Waals surface area contributed by atoms with Gasteiger partial charge in [-0.2, -0.15) is 0 Å². The maximum Gasteiger partial charge on any atom is 0.123 e. The van der Waals surface area contributed by atoms with E-state index in [-0.39, 0.29) is 44.7 Å². The van der Waals surface area contributed by atoms with Gasteiger partial charge in [0, 0.05) is 34.1 Å². The summed E-state index contributed by atoms with van der Waals surface area (Å²) < 4.78 is 0. The molecule has 0 aliphatic rings. The number of hydrogen-bond donors (Lipinski definition) is 4. The molecule has 5 rings (SSSR count). The summed E-state index contributed by atoms with van der Waals surface area (Å²) in [6.45, 7) is 33.5. The molecule has 0 atom stereocenters.